The third-order valence-electron chi connectivity index (χ3n) is 6.38. The lowest BCUT2D eigenvalue weighted by atomic mass is 9.99. The Morgan fingerprint density at radius 1 is 0.559 bits per heavy atom. The first kappa shape index (κ1) is 20.7. The van der Waals surface area contributed by atoms with E-state index in [0.717, 1.165) is 11.6 Å². The first-order chi connectivity index (χ1) is 16.8. The zero-order valence-electron chi connectivity index (χ0n) is 18.7. The standard InChI is InChI=1S/C31H24ClN2/c32-28-18-16-26(17-19-28)31-22-33(31)34-29(24-12-6-2-7-13-24)20-27(23-10-4-1-5-11-23)21-30(34)25-14-8-3-9-15-25/h1-21,31H,22H2/q+1. The lowest BCUT2D eigenvalue weighted by Gasteiger charge is -2.13. The zero-order valence-corrected chi connectivity index (χ0v) is 19.4. The molecule has 1 atom stereocenters. The summed E-state index contributed by atoms with van der Waals surface area (Å²) in [6.07, 6.45) is 0. The van der Waals surface area contributed by atoms with Gasteiger partial charge in [-0.2, -0.15) is 5.01 Å². The molecule has 0 bridgehead atoms. The van der Waals surface area contributed by atoms with Crippen molar-refractivity contribution >= 4 is 11.6 Å². The SMILES string of the molecule is Clc1ccc(C2CN2[n+]2c(-c3ccccc3)cc(-c3ccccc3)cc2-c2ccccc2)cc1. The van der Waals surface area contributed by atoms with Gasteiger partial charge in [0.25, 0.3) is 0 Å². The van der Waals surface area contributed by atoms with Gasteiger partial charge in [0.1, 0.15) is 12.6 Å². The van der Waals surface area contributed by atoms with Crippen LogP contribution in [0.4, 0.5) is 0 Å². The molecule has 0 saturated carbocycles. The van der Waals surface area contributed by atoms with Gasteiger partial charge in [-0.25, -0.2) is 0 Å². The van der Waals surface area contributed by atoms with Crippen molar-refractivity contribution < 1.29 is 4.68 Å². The minimum absolute atomic E-state index is 0.315. The Kier molecular flexibility index (Phi) is 5.37. The van der Waals surface area contributed by atoms with Crippen molar-refractivity contribution in [1.82, 2.24) is 0 Å². The van der Waals surface area contributed by atoms with Crippen molar-refractivity contribution in [1.29, 1.82) is 0 Å². The molecule has 0 N–H and O–H groups in total. The molecule has 1 saturated heterocycles. The maximum Gasteiger partial charge on any atom is 0.243 e. The smallest absolute Gasteiger partial charge is 0.168 e. The van der Waals surface area contributed by atoms with Gasteiger partial charge in [0.15, 0.2) is 0 Å². The van der Waals surface area contributed by atoms with Gasteiger partial charge in [0.2, 0.25) is 11.4 Å². The van der Waals surface area contributed by atoms with Crippen LogP contribution >= 0.6 is 11.6 Å². The summed E-state index contributed by atoms with van der Waals surface area (Å²) in [6, 6.07) is 45.1. The van der Waals surface area contributed by atoms with Crippen LogP contribution in [0.1, 0.15) is 11.6 Å². The second kappa shape index (κ2) is 8.81. The molecule has 1 aliphatic rings. The molecule has 3 heteroatoms. The van der Waals surface area contributed by atoms with E-state index in [1.165, 1.54) is 39.2 Å². The molecule has 6 rings (SSSR count). The lowest BCUT2D eigenvalue weighted by molar-refractivity contribution is -0.655. The van der Waals surface area contributed by atoms with E-state index in [4.69, 9.17) is 11.6 Å². The summed E-state index contributed by atoms with van der Waals surface area (Å²) in [5, 5.41) is 3.20. The number of aromatic nitrogens is 1. The third-order valence-corrected chi connectivity index (χ3v) is 6.64. The van der Waals surface area contributed by atoms with Crippen LogP contribution < -0.4 is 9.69 Å². The quantitative estimate of drug-likeness (QED) is 0.197. The van der Waals surface area contributed by atoms with Crippen molar-refractivity contribution in [2.75, 3.05) is 11.6 Å². The average Bonchev–Trinajstić information content (AvgIpc) is 3.70. The van der Waals surface area contributed by atoms with Gasteiger partial charge in [0.05, 0.1) is 0 Å². The predicted octanol–water partition coefficient (Wildman–Crippen LogP) is 7.32. The summed E-state index contributed by atoms with van der Waals surface area (Å²) < 4.78 is 2.40. The Morgan fingerprint density at radius 3 is 1.53 bits per heavy atom. The summed E-state index contributed by atoms with van der Waals surface area (Å²) in [4.78, 5) is 0. The highest BCUT2D eigenvalue weighted by Gasteiger charge is 2.46. The number of pyridine rings is 1. The maximum atomic E-state index is 6.16. The fourth-order valence-corrected chi connectivity index (χ4v) is 4.73. The van der Waals surface area contributed by atoms with Gasteiger partial charge in [0, 0.05) is 28.3 Å². The fourth-order valence-electron chi connectivity index (χ4n) is 4.60. The normalized spacial score (nSPS) is 14.7. The number of benzene rings is 4. The van der Waals surface area contributed by atoms with Crippen molar-refractivity contribution in [3.8, 4) is 33.6 Å². The Bertz CT molecular complexity index is 1360. The first-order valence-electron chi connectivity index (χ1n) is 11.6. The van der Waals surface area contributed by atoms with Crippen LogP contribution in [0.25, 0.3) is 33.6 Å². The average molecular weight is 460 g/mol. The summed E-state index contributed by atoms with van der Waals surface area (Å²) >= 11 is 6.16. The van der Waals surface area contributed by atoms with E-state index in [2.05, 4.69) is 125 Å². The van der Waals surface area contributed by atoms with Gasteiger partial charge in [-0.15, -0.1) is 0 Å². The molecule has 0 spiro atoms. The van der Waals surface area contributed by atoms with Crippen LogP contribution in [0, 0.1) is 0 Å². The van der Waals surface area contributed by atoms with Crippen molar-refractivity contribution in [3.63, 3.8) is 0 Å². The van der Waals surface area contributed by atoms with Crippen molar-refractivity contribution in [3.05, 3.63) is 138 Å². The summed E-state index contributed by atoms with van der Waals surface area (Å²) in [5.41, 5.74) is 8.44. The van der Waals surface area contributed by atoms with Gasteiger partial charge in [-0.3, -0.25) is 0 Å². The van der Waals surface area contributed by atoms with Gasteiger partial charge in [-0.05, 0) is 53.1 Å². The number of rotatable bonds is 5. The number of nitrogens with zero attached hydrogens (tertiary/aromatic N) is 2. The topological polar surface area (TPSA) is 6.89 Å². The van der Waals surface area contributed by atoms with E-state index >= 15 is 0 Å². The Labute approximate surface area is 205 Å². The van der Waals surface area contributed by atoms with E-state index in [-0.39, 0.29) is 0 Å². The predicted molar refractivity (Wildman–Crippen MR) is 140 cm³/mol. The molecule has 164 valence electrons. The number of hydrogen-bond acceptors (Lipinski definition) is 1. The summed E-state index contributed by atoms with van der Waals surface area (Å²) in [7, 11) is 0. The van der Waals surface area contributed by atoms with E-state index in [9.17, 15) is 0 Å². The van der Waals surface area contributed by atoms with E-state index in [0.29, 0.717) is 6.04 Å². The maximum absolute atomic E-state index is 6.16. The molecule has 34 heavy (non-hydrogen) atoms. The first-order valence-corrected chi connectivity index (χ1v) is 11.9. The molecule has 5 aromatic rings. The molecule has 0 aliphatic carbocycles. The Morgan fingerprint density at radius 2 is 1.03 bits per heavy atom. The minimum atomic E-state index is 0.315. The second-order valence-electron chi connectivity index (χ2n) is 8.61. The largest absolute Gasteiger partial charge is 0.243 e. The highest BCUT2D eigenvalue weighted by molar-refractivity contribution is 6.30. The Balaban J connectivity index is 1.57. The lowest BCUT2D eigenvalue weighted by Crippen LogP contribution is -2.49. The van der Waals surface area contributed by atoms with Crippen LogP contribution in [0.2, 0.25) is 5.02 Å². The van der Waals surface area contributed by atoms with E-state index in [1.54, 1.807) is 0 Å². The molecule has 0 amide bonds. The van der Waals surface area contributed by atoms with E-state index in [1.807, 2.05) is 12.1 Å². The van der Waals surface area contributed by atoms with Gasteiger partial charge in [-0.1, -0.05) is 95.1 Å². The molecule has 4 aromatic carbocycles. The monoisotopic (exact) mass is 459 g/mol. The molecule has 2 nitrogen and oxygen atoms in total. The van der Waals surface area contributed by atoms with Crippen molar-refractivity contribution in [2.24, 2.45) is 0 Å². The minimum Gasteiger partial charge on any atom is -0.168 e. The number of halogens is 1. The van der Waals surface area contributed by atoms with Crippen molar-refractivity contribution in [2.45, 2.75) is 6.04 Å². The Hall–Kier alpha value is -3.88. The zero-order chi connectivity index (χ0) is 22.9. The fraction of sp³-hybridized carbons (Fsp3) is 0.0645. The molecule has 0 radical (unpaired) electrons. The van der Waals surface area contributed by atoms with Gasteiger partial charge < -0.3 is 0 Å². The highest BCUT2D eigenvalue weighted by atomic mass is 35.5. The summed E-state index contributed by atoms with van der Waals surface area (Å²) in [6.45, 7) is 0.955. The molecule has 1 aromatic heterocycles. The second-order valence-corrected chi connectivity index (χ2v) is 9.05. The molecule has 1 fully saturated rings. The van der Waals surface area contributed by atoms with Gasteiger partial charge >= 0.3 is 0 Å². The van der Waals surface area contributed by atoms with Crippen LogP contribution in [-0.4, -0.2) is 6.54 Å². The molecule has 2 heterocycles. The van der Waals surface area contributed by atoms with Crippen LogP contribution in [-0.2, 0) is 0 Å². The molecular weight excluding hydrogens is 436 g/mol. The molecular formula is C31H24ClN2+. The van der Waals surface area contributed by atoms with E-state index < -0.39 is 0 Å². The third kappa shape index (κ3) is 3.98. The summed E-state index contributed by atoms with van der Waals surface area (Å²) in [5.74, 6) is 0. The molecule has 1 aliphatic heterocycles. The highest BCUT2D eigenvalue weighted by Crippen LogP contribution is 2.35. The van der Waals surface area contributed by atoms with Crippen LogP contribution in [0.5, 0.6) is 0 Å². The van der Waals surface area contributed by atoms with Crippen LogP contribution in [0.3, 0.4) is 0 Å². The van der Waals surface area contributed by atoms with Crippen LogP contribution in [0.15, 0.2) is 127 Å². The number of hydrogen-bond donors (Lipinski definition) is 0. The molecule has 1 unspecified atom stereocenters.